The molecule has 19 heavy (non-hydrogen) atoms. The first-order chi connectivity index (χ1) is 9.27. The van der Waals surface area contributed by atoms with E-state index in [9.17, 15) is 0 Å². The Labute approximate surface area is 121 Å². The fourth-order valence-electron chi connectivity index (χ4n) is 3.27. The molecule has 0 heteroatoms. The molecule has 0 aromatic rings. The van der Waals surface area contributed by atoms with Gasteiger partial charge in [-0.25, -0.2) is 0 Å². The van der Waals surface area contributed by atoms with Crippen molar-refractivity contribution in [2.24, 2.45) is 11.8 Å². The topological polar surface area (TPSA) is 0 Å². The molecule has 0 saturated heterocycles. The van der Waals surface area contributed by atoms with Gasteiger partial charge in [-0.15, -0.1) is 0 Å². The van der Waals surface area contributed by atoms with Crippen LogP contribution in [0.2, 0.25) is 0 Å². The van der Waals surface area contributed by atoms with Crippen molar-refractivity contribution in [3.8, 4) is 0 Å². The molecular formula is C19H34. The minimum atomic E-state index is 0.776. The zero-order valence-corrected chi connectivity index (χ0v) is 13.3. The zero-order valence-electron chi connectivity index (χ0n) is 13.3. The molecule has 0 N–H and O–H groups in total. The SMILES string of the molecule is C=C(/C=C/CCCC)C1CCCC(CCCCC)C1. The summed E-state index contributed by atoms with van der Waals surface area (Å²) in [5, 5.41) is 0. The minimum absolute atomic E-state index is 0.776. The van der Waals surface area contributed by atoms with E-state index in [0.29, 0.717) is 0 Å². The van der Waals surface area contributed by atoms with Crippen molar-refractivity contribution in [1.82, 2.24) is 0 Å². The van der Waals surface area contributed by atoms with E-state index in [-0.39, 0.29) is 0 Å². The molecule has 1 saturated carbocycles. The Morgan fingerprint density at radius 2 is 1.89 bits per heavy atom. The number of allylic oxidation sites excluding steroid dienone is 3. The van der Waals surface area contributed by atoms with Crippen molar-refractivity contribution in [2.75, 3.05) is 0 Å². The van der Waals surface area contributed by atoms with Crippen LogP contribution in [-0.4, -0.2) is 0 Å². The predicted molar refractivity (Wildman–Crippen MR) is 87.4 cm³/mol. The zero-order chi connectivity index (χ0) is 13.9. The maximum atomic E-state index is 4.32. The van der Waals surface area contributed by atoms with Gasteiger partial charge in [-0.05, 0) is 31.1 Å². The summed E-state index contributed by atoms with van der Waals surface area (Å²) in [6.45, 7) is 8.87. The molecule has 0 radical (unpaired) electrons. The molecule has 0 aromatic carbocycles. The lowest BCUT2D eigenvalue weighted by Gasteiger charge is -2.29. The summed E-state index contributed by atoms with van der Waals surface area (Å²) in [6, 6.07) is 0. The highest BCUT2D eigenvalue weighted by molar-refractivity contribution is 5.18. The van der Waals surface area contributed by atoms with Gasteiger partial charge in [0.05, 0.1) is 0 Å². The Bertz CT molecular complexity index is 261. The molecule has 0 bridgehead atoms. The summed E-state index contributed by atoms with van der Waals surface area (Å²) >= 11 is 0. The highest BCUT2D eigenvalue weighted by Crippen LogP contribution is 2.36. The molecule has 0 nitrogen and oxygen atoms in total. The van der Waals surface area contributed by atoms with E-state index in [1.807, 2.05) is 0 Å². The van der Waals surface area contributed by atoms with Gasteiger partial charge in [0.25, 0.3) is 0 Å². The fourth-order valence-corrected chi connectivity index (χ4v) is 3.27. The lowest BCUT2D eigenvalue weighted by Crippen LogP contribution is -2.16. The molecule has 0 heterocycles. The summed E-state index contributed by atoms with van der Waals surface area (Å²) in [5.74, 6) is 1.75. The predicted octanol–water partition coefficient (Wildman–Crippen LogP) is 6.68. The Kier molecular flexibility index (Phi) is 8.95. The number of rotatable bonds is 9. The fraction of sp³-hybridized carbons (Fsp3) is 0.789. The van der Waals surface area contributed by atoms with Crippen LogP contribution in [0.4, 0.5) is 0 Å². The summed E-state index contributed by atoms with van der Waals surface area (Å²) < 4.78 is 0. The van der Waals surface area contributed by atoms with Crippen molar-refractivity contribution in [3.63, 3.8) is 0 Å². The Balaban J connectivity index is 2.28. The molecule has 0 amide bonds. The van der Waals surface area contributed by atoms with Crippen LogP contribution < -0.4 is 0 Å². The molecule has 1 fully saturated rings. The van der Waals surface area contributed by atoms with Gasteiger partial charge in [-0.2, -0.15) is 0 Å². The maximum Gasteiger partial charge on any atom is -0.0165 e. The van der Waals surface area contributed by atoms with E-state index >= 15 is 0 Å². The van der Waals surface area contributed by atoms with E-state index in [2.05, 4.69) is 32.6 Å². The first kappa shape index (κ1) is 16.5. The van der Waals surface area contributed by atoms with E-state index < -0.39 is 0 Å². The van der Waals surface area contributed by atoms with E-state index in [4.69, 9.17) is 0 Å². The molecule has 1 aliphatic rings. The molecule has 0 aromatic heterocycles. The van der Waals surface area contributed by atoms with Crippen LogP contribution >= 0.6 is 0 Å². The first-order valence-corrected chi connectivity index (χ1v) is 8.63. The second kappa shape index (κ2) is 10.3. The van der Waals surface area contributed by atoms with Crippen molar-refractivity contribution < 1.29 is 0 Å². The molecule has 1 aliphatic carbocycles. The standard InChI is InChI=1S/C19H34/c1-4-6-8-10-12-17(3)19-15-11-14-18(16-19)13-9-7-5-2/h10,12,18-19H,3-9,11,13-16H2,1-2H3/b12-10+. The summed E-state index contributed by atoms with van der Waals surface area (Å²) in [6.07, 6.45) is 19.8. The molecule has 2 unspecified atom stereocenters. The summed E-state index contributed by atoms with van der Waals surface area (Å²) in [5.41, 5.74) is 1.40. The first-order valence-electron chi connectivity index (χ1n) is 8.63. The van der Waals surface area contributed by atoms with Crippen LogP contribution in [-0.2, 0) is 0 Å². The van der Waals surface area contributed by atoms with E-state index in [1.54, 1.807) is 0 Å². The number of unbranched alkanes of at least 4 members (excludes halogenated alkanes) is 4. The van der Waals surface area contributed by atoms with Gasteiger partial charge in [0.1, 0.15) is 0 Å². The van der Waals surface area contributed by atoms with Crippen molar-refractivity contribution >= 4 is 0 Å². The Morgan fingerprint density at radius 1 is 1.11 bits per heavy atom. The van der Waals surface area contributed by atoms with Gasteiger partial charge in [-0.3, -0.25) is 0 Å². The third-order valence-corrected chi connectivity index (χ3v) is 4.58. The van der Waals surface area contributed by atoms with Gasteiger partial charge in [0.15, 0.2) is 0 Å². The smallest absolute Gasteiger partial charge is 0.0165 e. The third kappa shape index (κ3) is 6.99. The highest BCUT2D eigenvalue weighted by atomic mass is 14.3. The maximum absolute atomic E-state index is 4.32. The molecule has 110 valence electrons. The molecule has 1 rings (SSSR count). The highest BCUT2D eigenvalue weighted by Gasteiger charge is 2.22. The molecule has 0 spiro atoms. The van der Waals surface area contributed by atoms with Gasteiger partial charge < -0.3 is 0 Å². The van der Waals surface area contributed by atoms with Crippen LogP contribution in [0.3, 0.4) is 0 Å². The molecule has 0 aliphatic heterocycles. The van der Waals surface area contributed by atoms with Gasteiger partial charge in [0, 0.05) is 0 Å². The average Bonchev–Trinajstić information content (AvgIpc) is 2.44. The normalized spacial score (nSPS) is 23.9. The van der Waals surface area contributed by atoms with Crippen LogP contribution in [0.15, 0.2) is 24.3 Å². The Morgan fingerprint density at radius 3 is 2.63 bits per heavy atom. The van der Waals surface area contributed by atoms with Crippen LogP contribution in [0, 0.1) is 11.8 Å². The van der Waals surface area contributed by atoms with Crippen molar-refractivity contribution in [2.45, 2.75) is 84.5 Å². The number of hydrogen-bond acceptors (Lipinski definition) is 0. The molecular weight excluding hydrogens is 228 g/mol. The number of hydrogen-bond donors (Lipinski definition) is 0. The minimum Gasteiger partial charge on any atom is -0.0956 e. The monoisotopic (exact) mass is 262 g/mol. The van der Waals surface area contributed by atoms with Crippen molar-refractivity contribution in [1.29, 1.82) is 0 Å². The summed E-state index contributed by atoms with van der Waals surface area (Å²) in [7, 11) is 0. The third-order valence-electron chi connectivity index (χ3n) is 4.58. The molecule has 2 atom stereocenters. The van der Waals surface area contributed by atoms with Crippen molar-refractivity contribution in [3.05, 3.63) is 24.3 Å². The van der Waals surface area contributed by atoms with Gasteiger partial charge in [0.2, 0.25) is 0 Å². The van der Waals surface area contributed by atoms with Crippen LogP contribution in [0.1, 0.15) is 84.5 Å². The second-order valence-electron chi connectivity index (χ2n) is 6.34. The Hall–Kier alpha value is -0.520. The van der Waals surface area contributed by atoms with Crippen LogP contribution in [0.25, 0.3) is 0 Å². The van der Waals surface area contributed by atoms with E-state index in [0.717, 1.165) is 11.8 Å². The largest absolute Gasteiger partial charge is 0.0956 e. The summed E-state index contributed by atoms with van der Waals surface area (Å²) in [4.78, 5) is 0. The lowest BCUT2D eigenvalue weighted by atomic mass is 9.76. The van der Waals surface area contributed by atoms with E-state index in [1.165, 1.54) is 76.2 Å². The average molecular weight is 262 g/mol. The lowest BCUT2D eigenvalue weighted by molar-refractivity contribution is 0.278. The van der Waals surface area contributed by atoms with Crippen LogP contribution in [0.5, 0.6) is 0 Å². The quantitative estimate of drug-likeness (QED) is 0.321. The van der Waals surface area contributed by atoms with Gasteiger partial charge >= 0.3 is 0 Å². The second-order valence-corrected chi connectivity index (χ2v) is 6.34. The van der Waals surface area contributed by atoms with Gasteiger partial charge in [-0.1, -0.05) is 89.5 Å².